The van der Waals surface area contributed by atoms with Crippen LogP contribution in [0, 0.1) is 17.2 Å². The van der Waals surface area contributed by atoms with E-state index < -0.39 is 53.5 Å². The van der Waals surface area contributed by atoms with Crippen LogP contribution in [0.1, 0.15) is 64.6 Å². The molecule has 0 radical (unpaired) electrons. The van der Waals surface area contributed by atoms with Crippen molar-refractivity contribution in [1.29, 1.82) is 5.26 Å². The number of amides is 3. The Kier molecular flexibility index (Phi) is 8.09. The molecule has 0 aliphatic carbocycles. The highest BCUT2D eigenvalue weighted by Crippen LogP contribution is 2.39. The van der Waals surface area contributed by atoms with Gasteiger partial charge in [0.25, 0.3) is 0 Å². The number of fused-ring (bicyclic) bond motifs is 2. The minimum atomic E-state index is -4.49. The second-order valence-corrected chi connectivity index (χ2v) is 12.1. The van der Waals surface area contributed by atoms with Gasteiger partial charge in [-0.05, 0) is 64.2 Å². The van der Waals surface area contributed by atoms with Crippen molar-refractivity contribution in [2.45, 2.75) is 89.4 Å². The number of nitrogens with zero attached hydrogens (tertiary/aromatic N) is 4. The number of ether oxygens (including phenoxy) is 1. The van der Waals surface area contributed by atoms with Crippen molar-refractivity contribution in [3.05, 3.63) is 35.4 Å². The fourth-order valence-electron chi connectivity index (χ4n) is 6.02. The number of piperazine rings is 1. The predicted octanol–water partition coefficient (Wildman–Crippen LogP) is 3.71. The number of alkyl carbamates (subject to hydrolysis) is 1. The van der Waals surface area contributed by atoms with Gasteiger partial charge >= 0.3 is 12.3 Å². The largest absolute Gasteiger partial charge is 0.444 e. The van der Waals surface area contributed by atoms with Crippen LogP contribution in [0.2, 0.25) is 0 Å². The minimum Gasteiger partial charge on any atom is -0.444 e. The third-order valence-corrected chi connectivity index (χ3v) is 7.78. The molecule has 3 aliphatic heterocycles. The summed E-state index contributed by atoms with van der Waals surface area (Å²) in [5, 5.41) is 12.2. The van der Waals surface area contributed by atoms with Crippen molar-refractivity contribution in [2.75, 3.05) is 19.6 Å². The van der Waals surface area contributed by atoms with Gasteiger partial charge in [-0.1, -0.05) is 19.1 Å². The first-order valence-corrected chi connectivity index (χ1v) is 13.5. The summed E-state index contributed by atoms with van der Waals surface area (Å²) in [4.78, 5) is 44.6. The molecule has 0 spiro atoms. The van der Waals surface area contributed by atoms with Crippen LogP contribution in [-0.2, 0) is 20.5 Å². The van der Waals surface area contributed by atoms with E-state index in [0.29, 0.717) is 31.5 Å². The highest BCUT2D eigenvalue weighted by atomic mass is 19.4. The van der Waals surface area contributed by atoms with Gasteiger partial charge < -0.3 is 19.9 Å². The van der Waals surface area contributed by atoms with Gasteiger partial charge in [-0.2, -0.15) is 18.4 Å². The SMILES string of the molecule is CC1CC(C#N)N(C(=O)C(CN2CC3CC2C(=O)N3[C@@H](C)c2cccc(C(F)(F)F)c2)NC(=O)OC(C)(C)C)C1. The number of halogens is 3. The molecule has 9 nitrogen and oxygen atoms in total. The van der Waals surface area contributed by atoms with Gasteiger partial charge in [0.05, 0.1) is 23.7 Å². The van der Waals surface area contributed by atoms with Gasteiger partial charge in [-0.25, -0.2) is 4.79 Å². The number of hydrogen-bond acceptors (Lipinski definition) is 6. The summed E-state index contributed by atoms with van der Waals surface area (Å²) in [6, 6.07) is 4.12. The molecule has 0 saturated carbocycles. The summed E-state index contributed by atoms with van der Waals surface area (Å²) in [6.07, 6.45) is -4.25. The average molecular weight is 564 g/mol. The van der Waals surface area contributed by atoms with Crippen molar-refractivity contribution in [1.82, 2.24) is 20.0 Å². The van der Waals surface area contributed by atoms with Crippen LogP contribution < -0.4 is 5.32 Å². The first-order valence-electron chi connectivity index (χ1n) is 13.5. The third-order valence-electron chi connectivity index (χ3n) is 7.78. The zero-order chi connectivity index (χ0) is 29.6. The van der Waals surface area contributed by atoms with E-state index in [0.717, 1.165) is 12.1 Å². The van der Waals surface area contributed by atoms with Crippen LogP contribution in [0.4, 0.5) is 18.0 Å². The van der Waals surface area contributed by atoms with E-state index in [2.05, 4.69) is 11.4 Å². The summed E-state index contributed by atoms with van der Waals surface area (Å²) in [7, 11) is 0. The molecule has 3 aliphatic rings. The fraction of sp³-hybridized carbons (Fsp3) is 0.643. The molecule has 3 amide bonds. The zero-order valence-corrected chi connectivity index (χ0v) is 23.4. The molecule has 3 fully saturated rings. The van der Waals surface area contributed by atoms with Crippen LogP contribution in [0.3, 0.4) is 0 Å². The average Bonchev–Trinajstić information content (AvgIpc) is 3.53. The van der Waals surface area contributed by atoms with Crippen molar-refractivity contribution < 1.29 is 32.3 Å². The quantitative estimate of drug-likeness (QED) is 0.566. The van der Waals surface area contributed by atoms with E-state index in [1.807, 2.05) is 11.8 Å². The molecule has 218 valence electrons. The molecule has 2 bridgehead atoms. The van der Waals surface area contributed by atoms with Crippen LogP contribution in [0.5, 0.6) is 0 Å². The van der Waals surface area contributed by atoms with E-state index >= 15 is 0 Å². The number of rotatable bonds is 6. The van der Waals surface area contributed by atoms with Crippen LogP contribution in [-0.4, -0.2) is 82.0 Å². The summed E-state index contributed by atoms with van der Waals surface area (Å²) < 4.78 is 45.2. The number of nitriles is 1. The Morgan fingerprint density at radius 3 is 2.50 bits per heavy atom. The highest BCUT2D eigenvalue weighted by molar-refractivity contribution is 5.88. The second-order valence-electron chi connectivity index (χ2n) is 12.1. The van der Waals surface area contributed by atoms with Crippen molar-refractivity contribution in [2.24, 2.45) is 5.92 Å². The van der Waals surface area contributed by atoms with E-state index in [-0.39, 0.29) is 24.4 Å². The number of hydrogen-bond donors (Lipinski definition) is 1. The normalized spacial score (nSPS) is 26.5. The van der Waals surface area contributed by atoms with Gasteiger partial charge in [-0.15, -0.1) is 0 Å². The molecule has 12 heteroatoms. The van der Waals surface area contributed by atoms with Gasteiger partial charge in [-0.3, -0.25) is 14.5 Å². The number of likely N-dealkylation sites (tertiary alicyclic amines) is 3. The maximum Gasteiger partial charge on any atom is 0.416 e. The zero-order valence-electron chi connectivity index (χ0n) is 23.4. The van der Waals surface area contributed by atoms with Gasteiger partial charge in [0, 0.05) is 25.7 Å². The molecule has 1 aromatic carbocycles. The molecule has 40 heavy (non-hydrogen) atoms. The predicted molar refractivity (Wildman–Crippen MR) is 139 cm³/mol. The Morgan fingerprint density at radius 1 is 1.20 bits per heavy atom. The van der Waals surface area contributed by atoms with Crippen molar-refractivity contribution >= 4 is 17.9 Å². The number of carbonyl (C=O) groups is 3. The highest BCUT2D eigenvalue weighted by Gasteiger charge is 2.52. The molecule has 4 rings (SSSR count). The molecule has 6 atom stereocenters. The first kappa shape index (κ1) is 29.6. The Balaban J connectivity index is 1.50. The molecular formula is C28H36F3N5O4. The molecule has 1 N–H and O–H groups in total. The van der Waals surface area contributed by atoms with E-state index in [4.69, 9.17) is 4.74 Å². The monoisotopic (exact) mass is 563 g/mol. The lowest BCUT2D eigenvalue weighted by molar-refractivity contribution is -0.141. The Bertz CT molecular complexity index is 1190. The third kappa shape index (κ3) is 6.19. The molecule has 0 aromatic heterocycles. The van der Waals surface area contributed by atoms with Crippen molar-refractivity contribution in [3.8, 4) is 6.07 Å². The number of benzene rings is 1. The van der Waals surface area contributed by atoms with Gasteiger partial charge in [0.15, 0.2) is 0 Å². The molecule has 3 heterocycles. The topological polar surface area (TPSA) is 106 Å². The summed E-state index contributed by atoms with van der Waals surface area (Å²) in [5.74, 6) is -0.508. The van der Waals surface area contributed by atoms with E-state index in [9.17, 15) is 32.8 Å². The molecule has 1 aromatic rings. The Labute approximate surface area is 232 Å². The molecule has 5 unspecified atom stereocenters. The summed E-state index contributed by atoms with van der Waals surface area (Å²) >= 11 is 0. The van der Waals surface area contributed by atoms with Crippen LogP contribution >= 0.6 is 0 Å². The maximum absolute atomic E-state index is 13.6. The lowest BCUT2D eigenvalue weighted by atomic mass is 10.0. The number of carbonyl (C=O) groups excluding carboxylic acids is 3. The number of alkyl halides is 3. The molecule has 3 saturated heterocycles. The lowest BCUT2D eigenvalue weighted by Crippen LogP contribution is -2.59. The second kappa shape index (κ2) is 10.9. The Hall–Kier alpha value is -3.33. The minimum absolute atomic E-state index is 0.0415. The standard InChI is InChI=1S/C28H36F3N5O4/c1-16-9-20(12-32)35(13-16)24(37)22(33-26(39)40-27(3,4)5)15-34-14-21-11-23(34)25(38)36(21)17(2)18-7-6-8-19(10-18)28(29,30)31/h6-8,10,16-17,20-23H,9,11,13-15H2,1-5H3,(H,33,39)/t16?,17-,20?,21?,22?,23?/m0/s1. The van der Waals surface area contributed by atoms with E-state index in [1.165, 1.54) is 11.0 Å². The fourth-order valence-corrected chi connectivity index (χ4v) is 6.02. The summed E-state index contributed by atoms with van der Waals surface area (Å²) in [5.41, 5.74) is -1.16. The van der Waals surface area contributed by atoms with Crippen molar-refractivity contribution in [3.63, 3.8) is 0 Å². The lowest BCUT2D eigenvalue weighted by Gasteiger charge is -2.39. The number of nitrogens with one attached hydrogen (secondary N) is 1. The van der Waals surface area contributed by atoms with Gasteiger partial charge in [0.2, 0.25) is 11.8 Å². The van der Waals surface area contributed by atoms with Gasteiger partial charge in [0.1, 0.15) is 17.7 Å². The Morgan fingerprint density at radius 2 is 1.90 bits per heavy atom. The summed E-state index contributed by atoms with van der Waals surface area (Å²) in [6.45, 7) is 9.60. The first-order chi connectivity index (χ1) is 18.6. The van der Waals surface area contributed by atoms with E-state index in [1.54, 1.807) is 38.7 Å². The molecular weight excluding hydrogens is 527 g/mol. The van der Waals surface area contributed by atoms with Crippen LogP contribution in [0.25, 0.3) is 0 Å². The van der Waals surface area contributed by atoms with Crippen LogP contribution in [0.15, 0.2) is 24.3 Å². The maximum atomic E-state index is 13.6. The smallest absolute Gasteiger partial charge is 0.416 e.